The Morgan fingerprint density at radius 2 is 1.44 bits per heavy atom. The minimum atomic E-state index is -1.94. The summed E-state index contributed by atoms with van der Waals surface area (Å²) in [4.78, 5) is 49.3. The summed E-state index contributed by atoms with van der Waals surface area (Å²) in [7, 11) is 1.19. The molecule has 0 aromatic heterocycles. The number of nitrogens with zero attached hydrogens (tertiary/aromatic N) is 3. The SMILES string of the molecule is CON=C[C@@H](F)[C@H](OC(=O)c1ccc([N+](=O)[O-])cc1)[C@@H](C)COC(=O)c1ccc([N+](=O)[O-])cc1. The molecule has 0 saturated carbocycles. The average molecular weight is 477 g/mol. The van der Waals surface area contributed by atoms with Gasteiger partial charge in [0.05, 0.1) is 33.8 Å². The summed E-state index contributed by atoms with van der Waals surface area (Å²) in [6.45, 7) is 1.10. The molecular formula is C21H20FN3O9. The number of benzene rings is 2. The third-order valence-electron chi connectivity index (χ3n) is 4.53. The van der Waals surface area contributed by atoms with Crippen molar-refractivity contribution in [2.45, 2.75) is 19.2 Å². The van der Waals surface area contributed by atoms with Crippen molar-refractivity contribution >= 4 is 29.5 Å². The normalized spacial score (nSPS) is 13.5. The van der Waals surface area contributed by atoms with Crippen LogP contribution >= 0.6 is 0 Å². The Kier molecular flexibility index (Phi) is 9.11. The van der Waals surface area contributed by atoms with Crippen LogP contribution in [-0.2, 0) is 14.3 Å². The highest BCUT2D eigenvalue weighted by atomic mass is 19.1. The molecule has 0 bridgehead atoms. The van der Waals surface area contributed by atoms with Crippen molar-refractivity contribution in [3.8, 4) is 0 Å². The lowest BCUT2D eigenvalue weighted by Gasteiger charge is -2.25. The number of nitro benzene ring substituents is 2. The van der Waals surface area contributed by atoms with Crippen molar-refractivity contribution in [1.29, 1.82) is 0 Å². The van der Waals surface area contributed by atoms with E-state index in [9.17, 15) is 34.2 Å². The number of carbonyl (C=O) groups is 2. The summed E-state index contributed by atoms with van der Waals surface area (Å²) < 4.78 is 25.1. The van der Waals surface area contributed by atoms with E-state index in [0.29, 0.717) is 0 Å². The van der Waals surface area contributed by atoms with Crippen LogP contribution in [0, 0.1) is 26.1 Å². The number of halogens is 1. The number of carbonyl (C=O) groups excluding carboxylic acids is 2. The molecule has 0 radical (unpaired) electrons. The van der Waals surface area contributed by atoms with Gasteiger partial charge in [0.2, 0.25) is 0 Å². The molecule has 2 rings (SSSR count). The second-order valence-electron chi connectivity index (χ2n) is 6.94. The molecule has 0 saturated heterocycles. The van der Waals surface area contributed by atoms with Gasteiger partial charge in [-0.05, 0) is 24.3 Å². The minimum Gasteiger partial charge on any atom is -0.462 e. The number of oxime groups is 1. The van der Waals surface area contributed by atoms with E-state index in [1.54, 1.807) is 0 Å². The summed E-state index contributed by atoms with van der Waals surface area (Å²) in [5, 5.41) is 24.8. The molecule has 2 aromatic rings. The number of hydrogen-bond donors (Lipinski definition) is 0. The van der Waals surface area contributed by atoms with E-state index in [0.717, 1.165) is 42.6 Å². The Hall–Kier alpha value is -4.42. The van der Waals surface area contributed by atoms with Crippen LogP contribution in [0.4, 0.5) is 15.8 Å². The fourth-order valence-corrected chi connectivity index (χ4v) is 2.71. The van der Waals surface area contributed by atoms with Crippen LogP contribution in [0.1, 0.15) is 27.6 Å². The second kappa shape index (κ2) is 12.0. The fraction of sp³-hybridized carbons (Fsp3) is 0.286. The molecule has 12 nitrogen and oxygen atoms in total. The third-order valence-corrected chi connectivity index (χ3v) is 4.53. The molecule has 0 aliphatic rings. The molecule has 13 heteroatoms. The molecule has 0 heterocycles. The largest absolute Gasteiger partial charge is 0.462 e. The van der Waals surface area contributed by atoms with E-state index in [4.69, 9.17) is 9.47 Å². The molecule has 0 unspecified atom stereocenters. The maximum Gasteiger partial charge on any atom is 0.338 e. The highest BCUT2D eigenvalue weighted by Gasteiger charge is 2.31. The van der Waals surface area contributed by atoms with E-state index in [1.807, 2.05) is 0 Å². The summed E-state index contributed by atoms with van der Waals surface area (Å²) in [5.41, 5.74) is -0.465. The molecular weight excluding hydrogens is 457 g/mol. The lowest BCUT2D eigenvalue weighted by molar-refractivity contribution is -0.385. The first kappa shape index (κ1) is 25.8. The van der Waals surface area contributed by atoms with Crippen molar-refractivity contribution in [2.75, 3.05) is 13.7 Å². The van der Waals surface area contributed by atoms with Gasteiger partial charge in [0, 0.05) is 30.2 Å². The Labute approximate surface area is 192 Å². The monoisotopic (exact) mass is 477 g/mol. The number of alkyl halides is 1. The van der Waals surface area contributed by atoms with E-state index in [-0.39, 0.29) is 29.1 Å². The predicted molar refractivity (Wildman–Crippen MR) is 115 cm³/mol. The highest BCUT2D eigenvalue weighted by molar-refractivity contribution is 5.90. The fourth-order valence-electron chi connectivity index (χ4n) is 2.71. The Morgan fingerprint density at radius 1 is 0.971 bits per heavy atom. The molecule has 2 aromatic carbocycles. The zero-order valence-corrected chi connectivity index (χ0v) is 18.0. The van der Waals surface area contributed by atoms with Crippen molar-refractivity contribution < 1.29 is 38.1 Å². The number of hydrogen-bond acceptors (Lipinski definition) is 10. The van der Waals surface area contributed by atoms with Gasteiger partial charge in [-0.1, -0.05) is 12.1 Å². The van der Waals surface area contributed by atoms with E-state index in [1.165, 1.54) is 26.2 Å². The Bertz CT molecular complexity index is 1060. The zero-order chi connectivity index (χ0) is 25.3. The first-order valence-corrected chi connectivity index (χ1v) is 9.71. The van der Waals surface area contributed by atoms with Gasteiger partial charge in [-0.2, -0.15) is 0 Å². The van der Waals surface area contributed by atoms with Gasteiger partial charge in [0.1, 0.15) is 13.2 Å². The smallest absolute Gasteiger partial charge is 0.338 e. The third kappa shape index (κ3) is 7.05. The van der Waals surface area contributed by atoms with Crippen LogP contribution in [-0.4, -0.2) is 54.0 Å². The quantitative estimate of drug-likeness (QED) is 0.204. The maximum absolute atomic E-state index is 14.7. The highest BCUT2D eigenvalue weighted by Crippen LogP contribution is 2.20. The molecule has 180 valence electrons. The number of esters is 2. The van der Waals surface area contributed by atoms with Crippen LogP contribution in [0.25, 0.3) is 0 Å². The first-order chi connectivity index (χ1) is 16.1. The van der Waals surface area contributed by atoms with Crippen LogP contribution in [0.3, 0.4) is 0 Å². The Morgan fingerprint density at radius 3 is 1.88 bits per heavy atom. The first-order valence-electron chi connectivity index (χ1n) is 9.71. The molecule has 0 spiro atoms. The van der Waals surface area contributed by atoms with Gasteiger partial charge in [0.25, 0.3) is 11.4 Å². The molecule has 3 atom stereocenters. The molecule has 0 N–H and O–H groups in total. The van der Waals surface area contributed by atoms with Gasteiger partial charge in [0.15, 0.2) is 6.17 Å². The van der Waals surface area contributed by atoms with Crippen molar-refractivity contribution in [3.05, 3.63) is 79.9 Å². The summed E-state index contributed by atoms with van der Waals surface area (Å²) >= 11 is 0. The van der Waals surface area contributed by atoms with Crippen LogP contribution in [0.15, 0.2) is 53.7 Å². The number of ether oxygens (including phenoxy) is 2. The van der Waals surface area contributed by atoms with Crippen LogP contribution in [0.2, 0.25) is 0 Å². The molecule has 0 aliphatic heterocycles. The second-order valence-corrected chi connectivity index (χ2v) is 6.94. The predicted octanol–water partition coefficient (Wildman–Crippen LogP) is 3.49. The topological polar surface area (TPSA) is 160 Å². The van der Waals surface area contributed by atoms with E-state index >= 15 is 0 Å². The summed E-state index contributed by atoms with van der Waals surface area (Å²) in [5.74, 6) is -2.63. The van der Waals surface area contributed by atoms with Crippen molar-refractivity contribution in [3.63, 3.8) is 0 Å². The van der Waals surface area contributed by atoms with Gasteiger partial charge in [-0.15, -0.1) is 0 Å². The maximum atomic E-state index is 14.7. The zero-order valence-electron chi connectivity index (χ0n) is 18.0. The van der Waals surface area contributed by atoms with Crippen LogP contribution < -0.4 is 0 Å². The molecule has 34 heavy (non-hydrogen) atoms. The van der Waals surface area contributed by atoms with Gasteiger partial charge in [-0.3, -0.25) is 20.2 Å². The Balaban J connectivity index is 2.10. The van der Waals surface area contributed by atoms with E-state index in [2.05, 4.69) is 9.99 Å². The van der Waals surface area contributed by atoms with Gasteiger partial charge in [-0.25, -0.2) is 14.0 Å². The molecule has 0 fully saturated rings. The van der Waals surface area contributed by atoms with Gasteiger partial charge >= 0.3 is 11.9 Å². The van der Waals surface area contributed by atoms with Crippen molar-refractivity contribution in [1.82, 2.24) is 0 Å². The molecule has 0 aliphatic carbocycles. The van der Waals surface area contributed by atoms with E-state index < -0.39 is 40.0 Å². The number of non-ortho nitro benzene ring substituents is 2. The standard InChI is InChI=1S/C21H20FN3O9/c1-13(12-33-20(26)14-3-7-16(8-4-14)24(28)29)19(18(22)11-23-32-2)34-21(27)15-5-9-17(10-6-15)25(30)31/h3-11,13,18-19H,12H2,1-2H3/t13-,18+,19+/m0/s1. The van der Waals surface area contributed by atoms with Crippen molar-refractivity contribution in [2.24, 2.45) is 11.1 Å². The van der Waals surface area contributed by atoms with Gasteiger partial charge < -0.3 is 14.3 Å². The lowest BCUT2D eigenvalue weighted by atomic mass is 10.0. The van der Waals surface area contributed by atoms with Crippen LogP contribution in [0.5, 0.6) is 0 Å². The summed E-state index contributed by atoms with van der Waals surface area (Å²) in [6.07, 6.45) is -2.62. The minimum absolute atomic E-state index is 0.0370. The lowest BCUT2D eigenvalue weighted by Crippen LogP contribution is -2.37. The average Bonchev–Trinajstić information content (AvgIpc) is 2.83. The summed E-state index contributed by atoms with van der Waals surface area (Å²) in [6, 6.07) is 9.20. The molecule has 0 amide bonds. The number of nitro groups is 2. The number of rotatable bonds is 11.